The van der Waals surface area contributed by atoms with E-state index in [4.69, 9.17) is 0 Å². The molecule has 26 heavy (non-hydrogen) atoms. The number of likely N-dealkylation sites (tertiary alicyclic amines) is 1. The van der Waals surface area contributed by atoms with Crippen molar-refractivity contribution in [3.8, 4) is 0 Å². The molecule has 1 aromatic heterocycles. The van der Waals surface area contributed by atoms with Crippen LogP contribution in [0.2, 0.25) is 0 Å². The van der Waals surface area contributed by atoms with Crippen molar-refractivity contribution in [1.29, 1.82) is 0 Å². The number of hydrogen-bond donors (Lipinski definition) is 2. The van der Waals surface area contributed by atoms with Gasteiger partial charge in [-0.25, -0.2) is 0 Å². The van der Waals surface area contributed by atoms with Crippen molar-refractivity contribution < 1.29 is 9.59 Å². The summed E-state index contributed by atoms with van der Waals surface area (Å²) in [6.07, 6.45) is 2.76. The Kier molecular flexibility index (Phi) is 4.05. The lowest BCUT2D eigenvalue weighted by Gasteiger charge is -2.39. The van der Waals surface area contributed by atoms with Crippen molar-refractivity contribution >= 4 is 17.5 Å². The van der Waals surface area contributed by atoms with Gasteiger partial charge in [0.1, 0.15) is 0 Å². The number of hydrogen-bond acceptors (Lipinski definition) is 3. The van der Waals surface area contributed by atoms with Crippen LogP contribution in [-0.2, 0) is 21.4 Å². The fourth-order valence-corrected chi connectivity index (χ4v) is 4.38. The molecule has 0 unspecified atom stereocenters. The summed E-state index contributed by atoms with van der Waals surface area (Å²) in [7, 11) is 0. The third-order valence-electron chi connectivity index (χ3n) is 5.84. The average Bonchev–Trinajstić information content (AvgIpc) is 3.10. The number of carbonyl (C=O) groups is 2. The molecule has 1 aromatic carbocycles. The highest BCUT2D eigenvalue weighted by molar-refractivity contribution is 6.06. The third-order valence-corrected chi connectivity index (χ3v) is 5.84. The summed E-state index contributed by atoms with van der Waals surface area (Å²) in [5.74, 6) is 0.138. The van der Waals surface area contributed by atoms with Crippen LogP contribution in [0.5, 0.6) is 0 Å². The Morgan fingerprint density at radius 1 is 1.31 bits per heavy atom. The van der Waals surface area contributed by atoms with Crippen LogP contribution in [0.3, 0.4) is 0 Å². The molecule has 6 nitrogen and oxygen atoms in total. The van der Waals surface area contributed by atoms with Crippen molar-refractivity contribution in [2.45, 2.75) is 44.9 Å². The second-order valence-electron chi connectivity index (χ2n) is 7.41. The average molecular weight is 352 g/mol. The van der Waals surface area contributed by atoms with Gasteiger partial charge in [-0.15, -0.1) is 0 Å². The zero-order valence-corrected chi connectivity index (χ0v) is 15.3. The van der Waals surface area contributed by atoms with Gasteiger partial charge < -0.3 is 10.2 Å². The van der Waals surface area contributed by atoms with E-state index in [1.165, 1.54) is 0 Å². The van der Waals surface area contributed by atoms with E-state index >= 15 is 0 Å². The van der Waals surface area contributed by atoms with Crippen LogP contribution in [-0.4, -0.2) is 40.0 Å². The minimum Gasteiger partial charge on any atom is -0.341 e. The maximum absolute atomic E-state index is 12.8. The van der Waals surface area contributed by atoms with Crippen LogP contribution in [0.1, 0.15) is 41.8 Å². The number of fused-ring (bicyclic) bond motifs is 2. The van der Waals surface area contributed by atoms with Crippen LogP contribution < -0.4 is 5.32 Å². The largest absolute Gasteiger partial charge is 0.341 e. The molecule has 2 N–H and O–H groups in total. The third kappa shape index (κ3) is 2.60. The Labute approximate surface area is 153 Å². The molecule has 2 aromatic rings. The minimum atomic E-state index is -0.591. The number of aryl methyl sites for hydroxylation is 2. The molecular formula is C20H24N4O2. The first-order chi connectivity index (χ1) is 12.5. The van der Waals surface area contributed by atoms with E-state index < -0.39 is 5.41 Å². The second-order valence-corrected chi connectivity index (χ2v) is 7.41. The first-order valence-corrected chi connectivity index (χ1v) is 9.20. The summed E-state index contributed by atoms with van der Waals surface area (Å²) in [6.45, 7) is 5.13. The van der Waals surface area contributed by atoms with Gasteiger partial charge in [0, 0.05) is 30.9 Å². The standard InChI is InChI=1S/C20H24N4O2/c1-13-15(14(2)23-22-13)8-9-18(25)24-11-5-10-20(12-24)16-6-3-4-7-17(16)21-19(20)26/h3-4,6-7H,5,8-12H2,1-2H3,(H,21,26)(H,22,23)/t20-/m0/s1. The quantitative estimate of drug-likeness (QED) is 0.891. The van der Waals surface area contributed by atoms with Gasteiger partial charge in [0.05, 0.1) is 11.1 Å². The molecule has 3 heterocycles. The van der Waals surface area contributed by atoms with Crippen molar-refractivity contribution in [3.63, 3.8) is 0 Å². The van der Waals surface area contributed by atoms with Crippen molar-refractivity contribution in [2.24, 2.45) is 0 Å². The molecule has 1 atom stereocenters. The fourth-order valence-electron chi connectivity index (χ4n) is 4.38. The summed E-state index contributed by atoms with van der Waals surface area (Å²) >= 11 is 0. The predicted molar refractivity (Wildman–Crippen MR) is 98.9 cm³/mol. The zero-order valence-electron chi connectivity index (χ0n) is 15.3. The van der Waals surface area contributed by atoms with Gasteiger partial charge in [-0.1, -0.05) is 18.2 Å². The van der Waals surface area contributed by atoms with E-state index in [-0.39, 0.29) is 11.8 Å². The van der Waals surface area contributed by atoms with Crippen LogP contribution >= 0.6 is 0 Å². The van der Waals surface area contributed by atoms with Gasteiger partial charge in [-0.05, 0) is 50.3 Å². The highest BCUT2D eigenvalue weighted by atomic mass is 16.2. The number of aromatic nitrogens is 2. The van der Waals surface area contributed by atoms with E-state index in [0.717, 1.165) is 47.6 Å². The van der Waals surface area contributed by atoms with E-state index in [1.807, 2.05) is 43.0 Å². The number of H-pyrrole nitrogens is 1. The summed E-state index contributed by atoms with van der Waals surface area (Å²) in [5, 5.41) is 10.2. The molecule has 0 radical (unpaired) electrons. The van der Waals surface area contributed by atoms with Gasteiger partial charge in [-0.3, -0.25) is 14.7 Å². The van der Waals surface area contributed by atoms with Gasteiger partial charge in [0.2, 0.25) is 11.8 Å². The number of carbonyl (C=O) groups excluding carboxylic acids is 2. The normalized spacial score (nSPS) is 21.8. The van der Waals surface area contributed by atoms with Crippen LogP contribution in [0, 0.1) is 13.8 Å². The van der Waals surface area contributed by atoms with Crippen molar-refractivity contribution in [1.82, 2.24) is 15.1 Å². The summed E-state index contributed by atoms with van der Waals surface area (Å²) in [6, 6.07) is 7.85. The van der Waals surface area contributed by atoms with E-state index in [1.54, 1.807) is 0 Å². The van der Waals surface area contributed by atoms with E-state index in [2.05, 4.69) is 15.5 Å². The maximum atomic E-state index is 12.8. The second kappa shape index (κ2) is 6.27. The molecule has 2 aliphatic heterocycles. The fraction of sp³-hybridized carbons (Fsp3) is 0.450. The Bertz CT molecular complexity index is 853. The van der Waals surface area contributed by atoms with Gasteiger partial charge in [0.15, 0.2) is 0 Å². The summed E-state index contributed by atoms with van der Waals surface area (Å²) in [4.78, 5) is 27.5. The smallest absolute Gasteiger partial charge is 0.236 e. The molecule has 6 heteroatoms. The molecule has 136 valence electrons. The molecule has 0 saturated carbocycles. The van der Waals surface area contributed by atoms with Crippen LogP contribution in [0.4, 0.5) is 5.69 Å². The van der Waals surface area contributed by atoms with Gasteiger partial charge in [-0.2, -0.15) is 5.10 Å². The zero-order chi connectivity index (χ0) is 18.3. The number of aromatic amines is 1. The highest BCUT2D eigenvalue weighted by Gasteiger charge is 2.49. The Morgan fingerprint density at radius 2 is 2.12 bits per heavy atom. The lowest BCUT2D eigenvalue weighted by molar-refractivity contribution is -0.135. The molecule has 1 spiro atoms. The first kappa shape index (κ1) is 16.8. The first-order valence-electron chi connectivity index (χ1n) is 9.20. The molecule has 1 fully saturated rings. The minimum absolute atomic E-state index is 0.0257. The number of rotatable bonds is 3. The topological polar surface area (TPSA) is 78.1 Å². The van der Waals surface area contributed by atoms with Crippen LogP contribution in [0.25, 0.3) is 0 Å². The lowest BCUT2D eigenvalue weighted by atomic mass is 9.75. The van der Waals surface area contributed by atoms with Gasteiger partial charge in [0.25, 0.3) is 0 Å². The number of para-hydroxylation sites is 1. The molecule has 2 amide bonds. The van der Waals surface area contributed by atoms with E-state index in [0.29, 0.717) is 19.4 Å². The number of amides is 2. The van der Waals surface area contributed by atoms with Crippen LogP contribution in [0.15, 0.2) is 24.3 Å². The predicted octanol–water partition coefficient (Wildman–Crippen LogP) is 2.47. The van der Waals surface area contributed by atoms with Gasteiger partial charge >= 0.3 is 0 Å². The molecular weight excluding hydrogens is 328 g/mol. The Morgan fingerprint density at radius 3 is 2.88 bits per heavy atom. The lowest BCUT2D eigenvalue weighted by Crippen LogP contribution is -2.51. The Balaban J connectivity index is 1.50. The SMILES string of the molecule is Cc1n[nH]c(C)c1CCC(=O)N1CCC[C@@]2(C1)C(=O)Nc1ccccc12. The number of anilines is 1. The molecule has 2 aliphatic rings. The number of piperidine rings is 1. The molecule has 0 aliphatic carbocycles. The van der Waals surface area contributed by atoms with E-state index in [9.17, 15) is 9.59 Å². The molecule has 1 saturated heterocycles. The van der Waals surface area contributed by atoms with Crippen molar-refractivity contribution in [2.75, 3.05) is 18.4 Å². The summed E-state index contributed by atoms with van der Waals surface area (Å²) in [5.41, 5.74) is 4.42. The Hall–Kier alpha value is -2.63. The molecule has 4 rings (SSSR count). The summed E-state index contributed by atoms with van der Waals surface area (Å²) < 4.78 is 0. The maximum Gasteiger partial charge on any atom is 0.236 e. The number of nitrogens with zero attached hydrogens (tertiary/aromatic N) is 2. The monoisotopic (exact) mass is 352 g/mol. The number of benzene rings is 1. The highest BCUT2D eigenvalue weighted by Crippen LogP contribution is 2.43. The van der Waals surface area contributed by atoms with Crippen molar-refractivity contribution in [3.05, 3.63) is 46.8 Å². The molecule has 0 bridgehead atoms. The number of nitrogens with one attached hydrogen (secondary N) is 2.